The molecule has 1 N–H and O–H groups in total. The van der Waals surface area contributed by atoms with E-state index in [1.165, 1.54) is 6.42 Å². The Hall–Kier alpha value is -2.14. The molecule has 1 fully saturated rings. The average Bonchev–Trinajstić information content (AvgIpc) is 2.65. The van der Waals surface area contributed by atoms with Crippen molar-refractivity contribution >= 4 is 16.8 Å². The highest BCUT2D eigenvalue weighted by Gasteiger charge is 2.25. The molecule has 0 atom stereocenters. The van der Waals surface area contributed by atoms with Crippen LogP contribution in [-0.4, -0.2) is 49.6 Å². The highest BCUT2D eigenvalue weighted by atomic mass is 16.5. The van der Waals surface area contributed by atoms with E-state index in [0.717, 1.165) is 60.4 Å². The summed E-state index contributed by atoms with van der Waals surface area (Å²) in [6.07, 6.45) is 3.35. The van der Waals surface area contributed by atoms with Gasteiger partial charge in [-0.25, -0.2) is 0 Å². The van der Waals surface area contributed by atoms with Crippen molar-refractivity contribution in [3.05, 3.63) is 35.5 Å². The lowest BCUT2D eigenvalue weighted by molar-refractivity contribution is 0.0689. The summed E-state index contributed by atoms with van der Waals surface area (Å²) in [7, 11) is 3.63. The molecule has 5 nitrogen and oxygen atoms in total. The van der Waals surface area contributed by atoms with Crippen molar-refractivity contribution in [2.75, 3.05) is 33.8 Å². The van der Waals surface area contributed by atoms with E-state index in [1.54, 1.807) is 7.11 Å². The van der Waals surface area contributed by atoms with Crippen LogP contribution >= 0.6 is 0 Å². The van der Waals surface area contributed by atoms with Crippen LogP contribution in [0.1, 0.15) is 35.3 Å². The van der Waals surface area contributed by atoms with E-state index in [0.29, 0.717) is 5.92 Å². The van der Waals surface area contributed by atoms with Crippen LogP contribution in [0.15, 0.2) is 24.3 Å². The third kappa shape index (κ3) is 3.93. The van der Waals surface area contributed by atoms with Crippen LogP contribution in [0, 0.1) is 12.8 Å². The molecule has 2 aromatic rings. The molecule has 2 heterocycles. The first-order valence-corrected chi connectivity index (χ1v) is 9.01. The molecule has 1 saturated heterocycles. The van der Waals surface area contributed by atoms with Gasteiger partial charge < -0.3 is 15.0 Å². The minimum absolute atomic E-state index is 0.107. The second kappa shape index (κ2) is 7.83. The molecule has 134 valence electrons. The minimum Gasteiger partial charge on any atom is -0.497 e. The Labute approximate surface area is 149 Å². The van der Waals surface area contributed by atoms with Gasteiger partial charge in [0, 0.05) is 24.2 Å². The molecule has 0 aliphatic carbocycles. The number of fused-ring (bicyclic) bond motifs is 1. The molecular weight excluding hydrogens is 314 g/mol. The van der Waals surface area contributed by atoms with Gasteiger partial charge in [-0.15, -0.1) is 0 Å². The summed E-state index contributed by atoms with van der Waals surface area (Å²) >= 11 is 0. The number of ether oxygens (including phenoxy) is 1. The van der Waals surface area contributed by atoms with Gasteiger partial charge in [-0.05, 0) is 70.0 Å². The Morgan fingerprint density at radius 1 is 1.32 bits per heavy atom. The van der Waals surface area contributed by atoms with Gasteiger partial charge in [-0.3, -0.25) is 9.78 Å². The van der Waals surface area contributed by atoms with Gasteiger partial charge in [-0.2, -0.15) is 0 Å². The Morgan fingerprint density at radius 3 is 2.76 bits per heavy atom. The summed E-state index contributed by atoms with van der Waals surface area (Å²) in [5.74, 6) is 1.57. The minimum atomic E-state index is 0.107. The number of nitrogens with one attached hydrogen (secondary N) is 1. The summed E-state index contributed by atoms with van der Waals surface area (Å²) in [5.41, 5.74) is 2.44. The summed E-state index contributed by atoms with van der Waals surface area (Å²) < 4.78 is 5.33. The van der Waals surface area contributed by atoms with E-state index in [4.69, 9.17) is 4.74 Å². The van der Waals surface area contributed by atoms with Crippen LogP contribution < -0.4 is 10.1 Å². The van der Waals surface area contributed by atoms with E-state index < -0.39 is 0 Å². The van der Waals surface area contributed by atoms with Crippen molar-refractivity contribution in [3.8, 4) is 5.75 Å². The normalized spacial score (nSPS) is 15.6. The molecule has 0 unspecified atom stereocenters. The number of aromatic nitrogens is 1. The fraction of sp³-hybridized carbons (Fsp3) is 0.500. The lowest BCUT2D eigenvalue weighted by Gasteiger charge is -2.32. The number of hydrogen-bond acceptors (Lipinski definition) is 4. The first kappa shape index (κ1) is 17.7. The smallest absolute Gasteiger partial charge is 0.254 e. The van der Waals surface area contributed by atoms with Crippen molar-refractivity contribution < 1.29 is 9.53 Å². The quantitative estimate of drug-likeness (QED) is 0.908. The van der Waals surface area contributed by atoms with Crippen LogP contribution in [0.2, 0.25) is 0 Å². The fourth-order valence-corrected chi connectivity index (χ4v) is 3.58. The van der Waals surface area contributed by atoms with E-state index in [-0.39, 0.29) is 5.91 Å². The predicted octanol–water partition coefficient (Wildman–Crippen LogP) is 3.01. The topological polar surface area (TPSA) is 54.5 Å². The Bertz CT molecular complexity index is 752. The summed E-state index contributed by atoms with van der Waals surface area (Å²) in [4.78, 5) is 19.7. The van der Waals surface area contributed by atoms with Gasteiger partial charge >= 0.3 is 0 Å². The first-order valence-electron chi connectivity index (χ1n) is 9.01. The largest absolute Gasteiger partial charge is 0.497 e. The standard InChI is InChI=1S/C20H27N3O2/c1-14-12-18(17-13-16(25-3)4-5-19(17)22-14)20(24)23-10-7-15(8-11-23)6-9-21-2/h4-5,12-13,15,21H,6-11H2,1-3H3. The molecule has 0 spiro atoms. The van der Waals surface area contributed by atoms with Crippen molar-refractivity contribution in [1.29, 1.82) is 0 Å². The van der Waals surface area contributed by atoms with E-state index >= 15 is 0 Å². The fourth-order valence-electron chi connectivity index (χ4n) is 3.58. The number of carbonyl (C=O) groups is 1. The van der Waals surface area contributed by atoms with Gasteiger partial charge in [0.1, 0.15) is 5.75 Å². The van der Waals surface area contributed by atoms with E-state index in [1.807, 2.05) is 43.1 Å². The summed E-state index contributed by atoms with van der Waals surface area (Å²) in [6, 6.07) is 7.62. The molecule has 0 bridgehead atoms. The van der Waals surface area contributed by atoms with Crippen molar-refractivity contribution in [3.63, 3.8) is 0 Å². The molecule has 1 amide bonds. The Balaban J connectivity index is 1.82. The second-order valence-electron chi connectivity index (χ2n) is 6.82. The van der Waals surface area contributed by atoms with Crippen LogP contribution in [-0.2, 0) is 0 Å². The lowest BCUT2D eigenvalue weighted by atomic mass is 9.93. The molecular formula is C20H27N3O2. The maximum atomic E-state index is 13.1. The Kier molecular flexibility index (Phi) is 5.53. The maximum absolute atomic E-state index is 13.1. The first-order chi connectivity index (χ1) is 12.1. The van der Waals surface area contributed by atoms with E-state index in [9.17, 15) is 4.79 Å². The molecule has 5 heteroatoms. The van der Waals surface area contributed by atoms with Gasteiger partial charge in [0.2, 0.25) is 0 Å². The number of likely N-dealkylation sites (tertiary alicyclic amines) is 1. The number of aryl methyl sites for hydroxylation is 1. The number of amides is 1. The molecule has 1 aliphatic rings. The monoisotopic (exact) mass is 341 g/mol. The Morgan fingerprint density at radius 2 is 2.08 bits per heavy atom. The highest BCUT2D eigenvalue weighted by Crippen LogP contribution is 2.27. The SMILES string of the molecule is CNCCC1CCN(C(=O)c2cc(C)nc3ccc(OC)cc23)CC1. The second-order valence-corrected chi connectivity index (χ2v) is 6.82. The molecule has 1 aliphatic heterocycles. The van der Waals surface area contributed by atoms with Gasteiger partial charge in [0.15, 0.2) is 0 Å². The van der Waals surface area contributed by atoms with Crippen LogP contribution in [0.4, 0.5) is 0 Å². The number of rotatable bonds is 5. The zero-order chi connectivity index (χ0) is 17.8. The highest BCUT2D eigenvalue weighted by molar-refractivity contribution is 6.06. The number of piperidine rings is 1. The number of hydrogen-bond donors (Lipinski definition) is 1. The van der Waals surface area contributed by atoms with Crippen LogP contribution in [0.25, 0.3) is 10.9 Å². The number of nitrogens with zero attached hydrogens (tertiary/aromatic N) is 2. The lowest BCUT2D eigenvalue weighted by Crippen LogP contribution is -2.39. The predicted molar refractivity (Wildman–Crippen MR) is 100 cm³/mol. The zero-order valence-corrected chi connectivity index (χ0v) is 15.3. The number of carbonyl (C=O) groups excluding carboxylic acids is 1. The van der Waals surface area contributed by atoms with Crippen molar-refractivity contribution in [1.82, 2.24) is 15.2 Å². The zero-order valence-electron chi connectivity index (χ0n) is 15.3. The summed E-state index contributed by atoms with van der Waals surface area (Å²) in [5, 5.41) is 4.08. The number of methoxy groups -OCH3 is 1. The molecule has 0 radical (unpaired) electrons. The van der Waals surface area contributed by atoms with Gasteiger partial charge in [0.25, 0.3) is 5.91 Å². The molecule has 1 aromatic heterocycles. The molecule has 25 heavy (non-hydrogen) atoms. The van der Waals surface area contributed by atoms with Gasteiger partial charge in [-0.1, -0.05) is 0 Å². The van der Waals surface area contributed by atoms with Crippen molar-refractivity contribution in [2.45, 2.75) is 26.2 Å². The van der Waals surface area contributed by atoms with Crippen LogP contribution in [0.3, 0.4) is 0 Å². The molecule has 1 aromatic carbocycles. The maximum Gasteiger partial charge on any atom is 0.254 e. The number of benzene rings is 1. The van der Waals surface area contributed by atoms with Crippen molar-refractivity contribution in [2.24, 2.45) is 5.92 Å². The number of pyridine rings is 1. The summed E-state index contributed by atoms with van der Waals surface area (Å²) in [6.45, 7) is 4.65. The third-order valence-corrected chi connectivity index (χ3v) is 5.08. The molecule has 0 saturated carbocycles. The average molecular weight is 341 g/mol. The van der Waals surface area contributed by atoms with E-state index in [2.05, 4.69) is 10.3 Å². The molecule has 3 rings (SSSR count). The van der Waals surface area contributed by atoms with Crippen LogP contribution in [0.5, 0.6) is 5.75 Å². The third-order valence-electron chi connectivity index (χ3n) is 5.08. The van der Waals surface area contributed by atoms with Gasteiger partial charge in [0.05, 0.1) is 18.2 Å².